The number of aromatic nitrogens is 1. The van der Waals surface area contributed by atoms with Crippen LogP contribution in [0.1, 0.15) is 31.5 Å². The number of carbonyl (C=O) groups excluding carboxylic acids is 1. The van der Waals surface area contributed by atoms with Crippen molar-refractivity contribution in [3.8, 4) is 0 Å². The lowest BCUT2D eigenvalue weighted by atomic mass is 10.2. The van der Waals surface area contributed by atoms with Crippen LogP contribution in [0.3, 0.4) is 0 Å². The van der Waals surface area contributed by atoms with Gasteiger partial charge in [0, 0.05) is 12.2 Å². The third-order valence-electron chi connectivity index (χ3n) is 2.60. The van der Waals surface area contributed by atoms with Gasteiger partial charge in [-0.15, -0.1) is 0 Å². The molecule has 1 aromatic rings. The molecule has 0 fully saturated rings. The highest BCUT2D eigenvalue weighted by Crippen LogP contribution is 2.14. The average Bonchev–Trinajstić information content (AvgIpc) is 2.35. The maximum atomic E-state index is 11.8. The van der Waals surface area contributed by atoms with E-state index in [-0.39, 0.29) is 10.9 Å². The summed E-state index contributed by atoms with van der Waals surface area (Å²) in [6.45, 7) is 6.31. The molecule has 0 aliphatic carbocycles. The van der Waals surface area contributed by atoms with Crippen molar-refractivity contribution < 1.29 is 4.79 Å². The summed E-state index contributed by atoms with van der Waals surface area (Å²) in [5, 5.41) is 5.87. The van der Waals surface area contributed by atoms with Gasteiger partial charge in [-0.2, -0.15) is 0 Å². The number of thiocarbonyl (C=S) groups is 1. The lowest BCUT2D eigenvalue weighted by molar-refractivity contribution is -0.121. The Morgan fingerprint density at radius 1 is 1.53 bits per heavy atom. The first kappa shape index (κ1) is 15.4. The minimum absolute atomic E-state index is 0.0703. The van der Waals surface area contributed by atoms with E-state index in [1.54, 1.807) is 6.92 Å². The second kappa shape index (κ2) is 7.04. The molecule has 19 heavy (non-hydrogen) atoms. The lowest BCUT2D eigenvalue weighted by Crippen LogP contribution is -2.38. The number of nitrogens with two attached hydrogens (primary N) is 1. The van der Waals surface area contributed by atoms with Crippen molar-refractivity contribution in [1.29, 1.82) is 0 Å². The van der Waals surface area contributed by atoms with Crippen LogP contribution in [0, 0.1) is 6.92 Å². The molecule has 0 aliphatic heterocycles. The fourth-order valence-corrected chi connectivity index (χ4v) is 1.70. The number of amides is 1. The second-order valence-corrected chi connectivity index (χ2v) is 4.81. The number of carbonyl (C=O) groups is 1. The summed E-state index contributed by atoms with van der Waals surface area (Å²) < 4.78 is 0. The first-order valence-corrected chi connectivity index (χ1v) is 6.68. The van der Waals surface area contributed by atoms with Gasteiger partial charge in [-0.25, -0.2) is 4.98 Å². The second-order valence-electron chi connectivity index (χ2n) is 4.37. The zero-order valence-electron chi connectivity index (χ0n) is 11.5. The highest BCUT2D eigenvalue weighted by atomic mass is 32.1. The summed E-state index contributed by atoms with van der Waals surface area (Å²) >= 11 is 4.98. The van der Waals surface area contributed by atoms with Crippen LogP contribution in [-0.4, -0.2) is 28.5 Å². The molecule has 0 aromatic carbocycles. The number of hydrogen-bond acceptors (Lipinski definition) is 4. The van der Waals surface area contributed by atoms with Gasteiger partial charge in [0.2, 0.25) is 5.91 Å². The van der Waals surface area contributed by atoms with E-state index in [9.17, 15) is 4.79 Å². The van der Waals surface area contributed by atoms with Crippen molar-refractivity contribution in [2.45, 2.75) is 33.2 Å². The highest BCUT2D eigenvalue weighted by Gasteiger charge is 2.15. The van der Waals surface area contributed by atoms with Crippen molar-refractivity contribution in [2.75, 3.05) is 11.9 Å². The van der Waals surface area contributed by atoms with E-state index in [4.69, 9.17) is 18.0 Å². The molecular weight excluding hydrogens is 260 g/mol. The monoisotopic (exact) mass is 280 g/mol. The molecule has 1 heterocycles. The van der Waals surface area contributed by atoms with Crippen LogP contribution in [0.2, 0.25) is 0 Å². The van der Waals surface area contributed by atoms with Crippen LogP contribution in [0.5, 0.6) is 0 Å². The molecule has 0 radical (unpaired) electrons. The highest BCUT2D eigenvalue weighted by molar-refractivity contribution is 7.80. The maximum Gasteiger partial charge on any atom is 0.242 e. The van der Waals surface area contributed by atoms with Crippen molar-refractivity contribution in [3.05, 3.63) is 23.4 Å². The van der Waals surface area contributed by atoms with Crippen molar-refractivity contribution in [2.24, 2.45) is 5.73 Å². The van der Waals surface area contributed by atoms with Gasteiger partial charge >= 0.3 is 0 Å². The Labute approximate surface area is 119 Å². The standard InChI is InChI=1S/C13H20N4OS/c1-4-7-15-13(18)9(3)17-12-10(11(14)19)6-5-8(2)16-12/h5-6,9H,4,7H2,1-3H3,(H2,14,19)(H,15,18)(H,16,17). The predicted octanol–water partition coefficient (Wildman–Crippen LogP) is 1.35. The number of pyridine rings is 1. The first-order valence-electron chi connectivity index (χ1n) is 6.27. The average molecular weight is 280 g/mol. The SMILES string of the molecule is CCCNC(=O)C(C)Nc1nc(C)ccc1C(N)=S. The van der Waals surface area contributed by atoms with E-state index >= 15 is 0 Å². The van der Waals surface area contributed by atoms with Gasteiger partial charge in [-0.1, -0.05) is 19.1 Å². The van der Waals surface area contributed by atoms with Crippen molar-refractivity contribution >= 4 is 28.9 Å². The summed E-state index contributed by atoms with van der Waals surface area (Å²) in [6, 6.07) is 3.25. The topological polar surface area (TPSA) is 80.0 Å². The number of rotatable bonds is 6. The third-order valence-corrected chi connectivity index (χ3v) is 2.82. The Morgan fingerprint density at radius 3 is 2.79 bits per heavy atom. The van der Waals surface area contributed by atoms with E-state index in [1.807, 2.05) is 26.0 Å². The van der Waals surface area contributed by atoms with Crippen LogP contribution in [-0.2, 0) is 4.79 Å². The number of anilines is 1. The van der Waals surface area contributed by atoms with Gasteiger partial charge in [0.25, 0.3) is 0 Å². The molecule has 1 atom stereocenters. The minimum Gasteiger partial charge on any atom is -0.389 e. The number of aryl methyl sites for hydroxylation is 1. The Balaban J connectivity index is 2.83. The van der Waals surface area contributed by atoms with Crippen LogP contribution < -0.4 is 16.4 Å². The minimum atomic E-state index is -0.394. The summed E-state index contributed by atoms with van der Waals surface area (Å²) in [5.41, 5.74) is 7.13. The van der Waals surface area contributed by atoms with E-state index in [0.717, 1.165) is 12.1 Å². The molecule has 1 aromatic heterocycles. The van der Waals surface area contributed by atoms with Gasteiger partial charge in [0.15, 0.2) is 0 Å². The Morgan fingerprint density at radius 2 is 2.21 bits per heavy atom. The maximum absolute atomic E-state index is 11.8. The third kappa shape index (κ3) is 4.48. The molecule has 0 aliphatic rings. The predicted molar refractivity (Wildman–Crippen MR) is 81.2 cm³/mol. The van der Waals surface area contributed by atoms with Crippen LogP contribution in [0.4, 0.5) is 5.82 Å². The van der Waals surface area contributed by atoms with Gasteiger partial charge in [-0.3, -0.25) is 4.79 Å². The van der Waals surface area contributed by atoms with Gasteiger partial charge in [-0.05, 0) is 32.4 Å². The van der Waals surface area contributed by atoms with Crippen molar-refractivity contribution in [3.63, 3.8) is 0 Å². The van der Waals surface area contributed by atoms with Gasteiger partial charge < -0.3 is 16.4 Å². The number of nitrogens with zero attached hydrogens (tertiary/aromatic N) is 1. The molecule has 4 N–H and O–H groups in total. The molecule has 0 spiro atoms. The molecule has 0 bridgehead atoms. The molecular formula is C13H20N4OS. The largest absolute Gasteiger partial charge is 0.389 e. The van der Waals surface area contributed by atoms with E-state index in [2.05, 4.69) is 15.6 Å². The molecule has 5 nitrogen and oxygen atoms in total. The quantitative estimate of drug-likeness (QED) is 0.685. The van der Waals surface area contributed by atoms with Gasteiger partial charge in [0.1, 0.15) is 16.8 Å². The zero-order valence-corrected chi connectivity index (χ0v) is 12.3. The molecule has 0 saturated carbocycles. The summed E-state index contributed by atoms with van der Waals surface area (Å²) in [5.74, 6) is 0.477. The Hall–Kier alpha value is -1.69. The van der Waals surface area contributed by atoms with E-state index in [1.165, 1.54) is 0 Å². The molecule has 104 valence electrons. The van der Waals surface area contributed by atoms with Gasteiger partial charge in [0.05, 0.1) is 5.56 Å². The first-order chi connectivity index (χ1) is 8.95. The zero-order chi connectivity index (χ0) is 14.4. The van der Waals surface area contributed by atoms with E-state index in [0.29, 0.717) is 17.9 Å². The fraction of sp³-hybridized carbons (Fsp3) is 0.462. The molecule has 1 unspecified atom stereocenters. The lowest BCUT2D eigenvalue weighted by Gasteiger charge is -2.17. The Kier molecular flexibility index (Phi) is 5.69. The van der Waals surface area contributed by atoms with Crippen LogP contribution in [0.25, 0.3) is 0 Å². The molecule has 0 saturated heterocycles. The molecule has 6 heteroatoms. The van der Waals surface area contributed by atoms with Crippen LogP contribution in [0.15, 0.2) is 12.1 Å². The fourth-order valence-electron chi connectivity index (χ4n) is 1.54. The summed E-state index contributed by atoms with van der Waals surface area (Å²) in [4.78, 5) is 16.4. The number of nitrogens with one attached hydrogen (secondary N) is 2. The molecule has 1 amide bonds. The van der Waals surface area contributed by atoms with Crippen molar-refractivity contribution in [1.82, 2.24) is 10.3 Å². The number of hydrogen-bond donors (Lipinski definition) is 3. The molecule has 1 rings (SSSR count). The van der Waals surface area contributed by atoms with Crippen LogP contribution >= 0.6 is 12.2 Å². The Bertz CT molecular complexity index is 476. The van der Waals surface area contributed by atoms with E-state index < -0.39 is 6.04 Å². The normalized spacial score (nSPS) is 11.7. The summed E-state index contributed by atoms with van der Waals surface area (Å²) in [7, 11) is 0. The smallest absolute Gasteiger partial charge is 0.242 e. The summed E-state index contributed by atoms with van der Waals surface area (Å²) in [6.07, 6.45) is 0.902.